The first-order valence-electron chi connectivity index (χ1n) is 8.08. The van der Waals surface area contributed by atoms with Crippen molar-refractivity contribution >= 4 is 10.0 Å². The Kier molecular flexibility index (Phi) is 5.03. The van der Waals surface area contributed by atoms with E-state index in [2.05, 4.69) is 0 Å². The summed E-state index contributed by atoms with van der Waals surface area (Å²) in [4.78, 5) is -0.161. The van der Waals surface area contributed by atoms with Gasteiger partial charge in [0.1, 0.15) is 5.82 Å². The number of sulfonamides is 1. The minimum atomic E-state index is -4.56. The number of hydrogen-bond donors (Lipinski definition) is 1. The van der Waals surface area contributed by atoms with Crippen LogP contribution in [0.2, 0.25) is 0 Å². The molecule has 0 radical (unpaired) electrons. The normalized spacial score (nSPS) is 12.2. The summed E-state index contributed by atoms with van der Waals surface area (Å²) in [5.74, 6) is -0.479. The van der Waals surface area contributed by atoms with Gasteiger partial charge in [-0.2, -0.15) is 13.2 Å². The lowest BCUT2D eigenvalue weighted by molar-refractivity contribution is -0.137. The number of aryl methyl sites for hydroxylation is 1. The summed E-state index contributed by atoms with van der Waals surface area (Å²) in [6, 6.07) is 12.7. The molecule has 3 aromatic rings. The summed E-state index contributed by atoms with van der Waals surface area (Å²) < 4.78 is 76.4. The Hall–Kier alpha value is -2.71. The van der Waals surface area contributed by atoms with E-state index in [4.69, 9.17) is 5.14 Å². The average Bonchev–Trinajstić information content (AvgIpc) is 2.62. The van der Waals surface area contributed by atoms with E-state index in [-0.39, 0.29) is 10.5 Å². The van der Waals surface area contributed by atoms with Crippen LogP contribution in [0.25, 0.3) is 22.3 Å². The molecule has 0 saturated carbocycles. The van der Waals surface area contributed by atoms with Gasteiger partial charge in [0.25, 0.3) is 0 Å². The summed E-state index contributed by atoms with van der Waals surface area (Å²) in [5.41, 5.74) is 0.871. The average molecular weight is 409 g/mol. The molecule has 3 aromatic carbocycles. The van der Waals surface area contributed by atoms with Crippen molar-refractivity contribution in [2.24, 2.45) is 5.14 Å². The monoisotopic (exact) mass is 409 g/mol. The quantitative estimate of drug-likeness (QED) is 0.610. The zero-order valence-electron chi connectivity index (χ0n) is 14.6. The van der Waals surface area contributed by atoms with Crippen LogP contribution in [0.5, 0.6) is 0 Å². The highest BCUT2D eigenvalue weighted by molar-refractivity contribution is 7.89. The van der Waals surface area contributed by atoms with Gasteiger partial charge in [0.05, 0.1) is 10.5 Å². The van der Waals surface area contributed by atoms with Gasteiger partial charge in [0.15, 0.2) is 0 Å². The van der Waals surface area contributed by atoms with Crippen LogP contribution in [0.15, 0.2) is 65.6 Å². The lowest BCUT2D eigenvalue weighted by Gasteiger charge is -2.15. The van der Waals surface area contributed by atoms with Gasteiger partial charge < -0.3 is 0 Å². The van der Waals surface area contributed by atoms with Crippen molar-refractivity contribution in [2.75, 3.05) is 0 Å². The summed E-state index contributed by atoms with van der Waals surface area (Å²) in [7, 11) is -3.94. The lowest BCUT2D eigenvalue weighted by atomic mass is 9.92. The fraction of sp³-hybridized carbons (Fsp3) is 0.100. The molecule has 0 heterocycles. The van der Waals surface area contributed by atoms with Gasteiger partial charge >= 0.3 is 6.18 Å². The van der Waals surface area contributed by atoms with Crippen molar-refractivity contribution in [2.45, 2.75) is 18.0 Å². The molecule has 0 saturated heterocycles. The SMILES string of the molecule is Cc1ccc(-c2ccc(C(F)(F)F)cc2-c2ccc(S(N)(=O)=O)cc2)cc1F. The molecule has 3 rings (SSSR count). The fourth-order valence-corrected chi connectivity index (χ4v) is 3.31. The third-order valence-corrected chi connectivity index (χ3v) is 5.25. The van der Waals surface area contributed by atoms with E-state index in [1.807, 2.05) is 0 Å². The third-order valence-electron chi connectivity index (χ3n) is 4.32. The Balaban J connectivity index is 2.22. The van der Waals surface area contributed by atoms with Crippen molar-refractivity contribution in [3.05, 3.63) is 77.6 Å². The van der Waals surface area contributed by atoms with Crippen molar-refractivity contribution in [1.82, 2.24) is 0 Å². The van der Waals surface area contributed by atoms with Gasteiger partial charge in [-0.1, -0.05) is 30.3 Å². The molecule has 0 unspecified atom stereocenters. The zero-order valence-corrected chi connectivity index (χ0v) is 15.4. The highest BCUT2D eigenvalue weighted by Gasteiger charge is 2.31. The summed E-state index contributed by atoms with van der Waals surface area (Å²) in [6.07, 6.45) is -4.56. The summed E-state index contributed by atoms with van der Waals surface area (Å²) in [5, 5.41) is 5.06. The van der Waals surface area contributed by atoms with E-state index in [0.717, 1.165) is 12.1 Å². The minimum absolute atomic E-state index is 0.161. The second-order valence-corrected chi connectivity index (χ2v) is 7.85. The Bertz CT molecular complexity index is 1140. The van der Waals surface area contributed by atoms with Crippen LogP contribution in [0.3, 0.4) is 0 Å². The van der Waals surface area contributed by atoms with E-state index in [1.165, 1.54) is 42.5 Å². The third kappa shape index (κ3) is 4.07. The first-order chi connectivity index (χ1) is 13.0. The molecule has 0 fully saturated rings. The molecule has 0 aliphatic carbocycles. The number of alkyl halides is 3. The van der Waals surface area contributed by atoms with Gasteiger partial charge in [0, 0.05) is 0 Å². The molecular formula is C20H15F4NO2S. The minimum Gasteiger partial charge on any atom is -0.225 e. The Morgan fingerprint density at radius 1 is 0.821 bits per heavy atom. The summed E-state index contributed by atoms with van der Waals surface area (Å²) in [6.45, 7) is 1.58. The number of rotatable bonds is 3. The maximum absolute atomic E-state index is 14.0. The van der Waals surface area contributed by atoms with Gasteiger partial charge in [-0.3, -0.25) is 0 Å². The first kappa shape index (κ1) is 20.0. The molecule has 0 atom stereocenters. The molecule has 8 heteroatoms. The van der Waals surface area contributed by atoms with Crippen LogP contribution in [-0.4, -0.2) is 8.42 Å². The Labute approximate surface area is 159 Å². The topological polar surface area (TPSA) is 60.2 Å². The van der Waals surface area contributed by atoms with Crippen molar-refractivity contribution in [3.63, 3.8) is 0 Å². The number of hydrogen-bond acceptors (Lipinski definition) is 2. The van der Waals surface area contributed by atoms with Crippen molar-refractivity contribution < 1.29 is 26.0 Å². The molecule has 0 spiro atoms. The van der Waals surface area contributed by atoms with Gasteiger partial charge in [0.2, 0.25) is 10.0 Å². The highest BCUT2D eigenvalue weighted by atomic mass is 32.2. The van der Waals surface area contributed by atoms with Crippen molar-refractivity contribution in [1.29, 1.82) is 0 Å². The molecular weight excluding hydrogens is 394 g/mol. The highest BCUT2D eigenvalue weighted by Crippen LogP contribution is 2.38. The number of primary sulfonamides is 1. The van der Waals surface area contributed by atoms with Crippen LogP contribution in [0, 0.1) is 12.7 Å². The lowest BCUT2D eigenvalue weighted by Crippen LogP contribution is -2.11. The molecule has 28 heavy (non-hydrogen) atoms. The van der Waals surface area contributed by atoms with Crippen LogP contribution >= 0.6 is 0 Å². The standard InChI is InChI=1S/C20H15F4NO2S/c1-12-2-3-14(10-19(12)21)17-9-6-15(20(22,23)24)11-18(17)13-4-7-16(8-5-13)28(25,26)27/h2-11H,1H3,(H2,25,26,27). The van der Waals surface area contributed by atoms with E-state index < -0.39 is 27.6 Å². The zero-order chi connectivity index (χ0) is 20.7. The largest absolute Gasteiger partial charge is 0.416 e. The van der Waals surface area contributed by atoms with Crippen LogP contribution in [0.1, 0.15) is 11.1 Å². The molecule has 146 valence electrons. The fourth-order valence-electron chi connectivity index (χ4n) is 2.80. The second kappa shape index (κ2) is 7.03. The smallest absolute Gasteiger partial charge is 0.225 e. The second-order valence-electron chi connectivity index (χ2n) is 6.29. The Morgan fingerprint density at radius 3 is 1.96 bits per heavy atom. The van der Waals surface area contributed by atoms with Gasteiger partial charge in [-0.25, -0.2) is 17.9 Å². The first-order valence-corrected chi connectivity index (χ1v) is 9.62. The van der Waals surface area contributed by atoms with Crippen LogP contribution in [0.4, 0.5) is 17.6 Å². The Morgan fingerprint density at radius 2 is 1.43 bits per heavy atom. The molecule has 0 aliphatic rings. The van der Waals surface area contributed by atoms with Crippen LogP contribution in [-0.2, 0) is 16.2 Å². The van der Waals surface area contributed by atoms with Gasteiger partial charge in [-0.05, 0) is 65.1 Å². The molecule has 3 nitrogen and oxygen atoms in total. The van der Waals surface area contributed by atoms with E-state index in [9.17, 15) is 26.0 Å². The molecule has 0 bridgehead atoms. The van der Waals surface area contributed by atoms with E-state index in [1.54, 1.807) is 13.0 Å². The van der Waals surface area contributed by atoms with E-state index in [0.29, 0.717) is 22.3 Å². The predicted octanol–water partition coefficient (Wildman–Crippen LogP) is 5.13. The number of benzene rings is 3. The number of nitrogens with two attached hydrogens (primary N) is 1. The predicted molar refractivity (Wildman–Crippen MR) is 98.4 cm³/mol. The molecule has 0 amide bonds. The van der Waals surface area contributed by atoms with Crippen LogP contribution < -0.4 is 5.14 Å². The van der Waals surface area contributed by atoms with Crippen molar-refractivity contribution in [3.8, 4) is 22.3 Å². The molecule has 2 N–H and O–H groups in total. The molecule has 0 aliphatic heterocycles. The maximum Gasteiger partial charge on any atom is 0.416 e. The number of halogens is 4. The molecule has 0 aromatic heterocycles. The van der Waals surface area contributed by atoms with Gasteiger partial charge in [-0.15, -0.1) is 0 Å². The maximum atomic E-state index is 14.0. The summed E-state index contributed by atoms with van der Waals surface area (Å²) >= 11 is 0. The van der Waals surface area contributed by atoms with E-state index >= 15 is 0 Å².